The van der Waals surface area contributed by atoms with Crippen LogP contribution in [0.5, 0.6) is 0 Å². The summed E-state index contributed by atoms with van der Waals surface area (Å²) in [5, 5.41) is 0. The molecular formula is C15H19NO. The monoisotopic (exact) mass is 229 g/mol. The second kappa shape index (κ2) is 4.26. The molecule has 0 amide bonds. The van der Waals surface area contributed by atoms with Crippen LogP contribution < -0.4 is 0 Å². The van der Waals surface area contributed by atoms with Gasteiger partial charge in [0, 0.05) is 12.5 Å². The molecule has 0 aromatic heterocycles. The van der Waals surface area contributed by atoms with Crippen LogP contribution in [0.15, 0.2) is 30.3 Å². The molecule has 3 saturated heterocycles. The van der Waals surface area contributed by atoms with Gasteiger partial charge in [0.25, 0.3) is 0 Å². The number of ketones is 1. The van der Waals surface area contributed by atoms with Gasteiger partial charge in [0.05, 0.1) is 6.04 Å². The zero-order valence-electron chi connectivity index (χ0n) is 10.3. The Balaban J connectivity index is 1.76. The molecule has 2 heteroatoms. The van der Waals surface area contributed by atoms with Crippen LogP contribution in [0.3, 0.4) is 0 Å². The summed E-state index contributed by atoms with van der Waals surface area (Å²) < 4.78 is 0. The maximum Gasteiger partial charge on any atom is 0.153 e. The fourth-order valence-corrected chi connectivity index (χ4v) is 3.40. The molecule has 4 atom stereocenters. The molecule has 0 saturated carbocycles. The Morgan fingerprint density at radius 1 is 1.29 bits per heavy atom. The van der Waals surface area contributed by atoms with E-state index < -0.39 is 0 Å². The van der Waals surface area contributed by atoms with Crippen LogP contribution in [-0.4, -0.2) is 29.8 Å². The maximum absolute atomic E-state index is 12.1. The van der Waals surface area contributed by atoms with Crippen molar-refractivity contribution in [3.05, 3.63) is 35.9 Å². The van der Waals surface area contributed by atoms with E-state index in [9.17, 15) is 4.79 Å². The molecule has 3 fully saturated rings. The van der Waals surface area contributed by atoms with Crippen LogP contribution in [0.1, 0.15) is 18.9 Å². The van der Waals surface area contributed by atoms with Crippen molar-refractivity contribution < 1.29 is 4.79 Å². The number of benzene rings is 1. The Morgan fingerprint density at radius 2 is 2.06 bits per heavy atom. The molecule has 4 rings (SSSR count). The number of nitrogens with zero attached hydrogens (tertiary/aromatic N) is 1. The lowest BCUT2D eigenvalue weighted by atomic mass is 9.73. The molecule has 90 valence electrons. The molecular weight excluding hydrogens is 210 g/mol. The summed E-state index contributed by atoms with van der Waals surface area (Å²) in [6.45, 7) is 4.28. The van der Waals surface area contributed by atoms with Gasteiger partial charge in [-0.25, -0.2) is 0 Å². The zero-order chi connectivity index (χ0) is 11.8. The number of carbonyl (C=O) groups excluding carboxylic acids is 1. The standard InChI is InChI=1S/C15H19NO/c1-11-15(17)14-7-8-16(11)10-13(14)9-12-5-3-2-4-6-12/h2-6,11,13-14H,7-10H2,1H3. The molecule has 2 bridgehead atoms. The number of carbonyl (C=O) groups is 1. The smallest absolute Gasteiger partial charge is 0.153 e. The summed E-state index contributed by atoms with van der Waals surface area (Å²) in [6.07, 6.45) is 2.13. The Labute approximate surface area is 103 Å². The first-order valence-corrected chi connectivity index (χ1v) is 6.57. The summed E-state index contributed by atoms with van der Waals surface area (Å²) in [5.74, 6) is 1.33. The molecule has 0 spiro atoms. The van der Waals surface area contributed by atoms with Crippen molar-refractivity contribution in [2.75, 3.05) is 13.1 Å². The highest BCUT2D eigenvalue weighted by Gasteiger charge is 2.44. The van der Waals surface area contributed by atoms with E-state index in [0.29, 0.717) is 17.6 Å². The number of rotatable bonds is 2. The van der Waals surface area contributed by atoms with E-state index in [1.807, 2.05) is 6.07 Å². The average molecular weight is 229 g/mol. The van der Waals surface area contributed by atoms with Crippen LogP contribution in [0.2, 0.25) is 0 Å². The highest BCUT2D eigenvalue weighted by Crippen LogP contribution is 2.35. The summed E-state index contributed by atoms with van der Waals surface area (Å²) in [7, 11) is 0. The highest BCUT2D eigenvalue weighted by atomic mass is 16.1. The molecule has 0 aliphatic carbocycles. The third kappa shape index (κ3) is 1.91. The minimum Gasteiger partial charge on any atom is -0.298 e. The first-order valence-electron chi connectivity index (χ1n) is 6.57. The molecule has 4 unspecified atom stereocenters. The Bertz CT molecular complexity index is 414. The third-order valence-corrected chi connectivity index (χ3v) is 4.43. The first-order chi connectivity index (χ1) is 8.25. The zero-order valence-corrected chi connectivity index (χ0v) is 10.3. The summed E-state index contributed by atoms with van der Waals surface area (Å²) in [5.41, 5.74) is 1.37. The molecule has 3 aliphatic heterocycles. The van der Waals surface area contributed by atoms with E-state index in [1.165, 1.54) is 5.56 Å². The highest BCUT2D eigenvalue weighted by molar-refractivity contribution is 5.87. The predicted octanol–water partition coefficient (Wildman–Crippen LogP) is 2.14. The molecule has 3 heterocycles. The van der Waals surface area contributed by atoms with Gasteiger partial charge in [-0.3, -0.25) is 9.69 Å². The molecule has 17 heavy (non-hydrogen) atoms. The van der Waals surface area contributed by atoms with E-state index >= 15 is 0 Å². The minimum atomic E-state index is 0.167. The summed E-state index contributed by atoms with van der Waals surface area (Å²) >= 11 is 0. The fourth-order valence-electron chi connectivity index (χ4n) is 3.40. The molecule has 1 aromatic carbocycles. The summed E-state index contributed by atoms with van der Waals surface area (Å²) in [6, 6.07) is 10.7. The van der Waals surface area contributed by atoms with Gasteiger partial charge >= 0.3 is 0 Å². The van der Waals surface area contributed by atoms with Gasteiger partial charge in [-0.05, 0) is 37.8 Å². The lowest BCUT2D eigenvalue weighted by Gasteiger charge is -2.47. The Hall–Kier alpha value is -1.15. The lowest BCUT2D eigenvalue weighted by molar-refractivity contribution is -0.140. The van der Waals surface area contributed by atoms with E-state index in [1.54, 1.807) is 0 Å². The Morgan fingerprint density at radius 3 is 2.76 bits per heavy atom. The number of hydrogen-bond acceptors (Lipinski definition) is 2. The van der Waals surface area contributed by atoms with E-state index in [-0.39, 0.29) is 6.04 Å². The lowest BCUT2D eigenvalue weighted by Crippen LogP contribution is -2.58. The van der Waals surface area contributed by atoms with E-state index in [2.05, 4.69) is 36.1 Å². The van der Waals surface area contributed by atoms with Crippen molar-refractivity contribution in [2.24, 2.45) is 11.8 Å². The van der Waals surface area contributed by atoms with Crippen LogP contribution >= 0.6 is 0 Å². The Kier molecular flexibility index (Phi) is 2.75. The van der Waals surface area contributed by atoms with Crippen LogP contribution in [0, 0.1) is 11.8 Å². The van der Waals surface area contributed by atoms with Crippen molar-refractivity contribution in [3.63, 3.8) is 0 Å². The molecule has 0 radical (unpaired) electrons. The van der Waals surface area contributed by atoms with Crippen molar-refractivity contribution in [1.82, 2.24) is 4.90 Å². The van der Waals surface area contributed by atoms with Crippen molar-refractivity contribution >= 4 is 5.78 Å². The van der Waals surface area contributed by atoms with Crippen molar-refractivity contribution in [1.29, 1.82) is 0 Å². The second-order valence-corrected chi connectivity index (χ2v) is 5.42. The van der Waals surface area contributed by atoms with Gasteiger partial charge in [0.2, 0.25) is 0 Å². The number of hydrogen-bond donors (Lipinski definition) is 0. The van der Waals surface area contributed by atoms with Gasteiger partial charge in [0.15, 0.2) is 5.78 Å². The molecule has 1 aromatic rings. The van der Waals surface area contributed by atoms with Gasteiger partial charge in [-0.2, -0.15) is 0 Å². The second-order valence-electron chi connectivity index (χ2n) is 5.42. The first kappa shape index (κ1) is 11.0. The van der Waals surface area contributed by atoms with Gasteiger partial charge in [-0.15, -0.1) is 0 Å². The quantitative estimate of drug-likeness (QED) is 0.774. The minimum absolute atomic E-state index is 0.167. The predicted molar refractivity (Wildman–Crippen MR) is 67.8 cm³/mol. The van der Waals surface area contributed by atoms with Crippen molar-refractivity contribution in [3.8, 4) is 0 Å². The van der Waals surface area contributed by atoms with Gasteiger partial charge in [-0.1, -0.05) is 30.3 Å². The molecule has 0 N–H and O–H groups in total. The SMILES string of the molecule is CC1C(=O)C2CCN1CC2Cc1ccccc1. The fraction of sp³-hybridized carbons (Fsp3) is 0.533. The van der Waals surface area contributed by atoms with Crippen LogP contribution in [0.25, 0.3) is 0 Å². The van der Waals surface area contributed by atoms with Gasteiger partial charge in [0.1, 0.15) is 0 Å². The topological polar surface area (TPSA) is 20.3 Å². The normalized spacial score (nSPS) is 36.2. The summed E-state index contributed by atoms with van der Waals surface area (Å²) in [4.78, 5) is 14.5. The maximum atomic E-state index is 12.1. The van der Waals surface area contributed by atoms with Crippen LogP contribution in [0.4, 0.5) is 0 Å². The molecule has 3 aliphatic rings. The molecule has 2 nitrogen and oxygen atoms in total. The van der Waals surface area contributed by atoms with Crippen molar-refractivity contribution in [2.45, 2.75) is 25.8 Å². The number of Topliss-reactive ketones (excluding diaryl/α,β-unsaturated/α-hetero) is 1. The third-order valence-electron chi connectivity index (χ3n) is 4.43. The van der Waals surface area contributed by atoms with Crippen LogP contribution in [-0.2, 0) is 11.2 Å². The van der Waals surface area contributed by atoms with E-state index in [0.717, 1.165) is 25.9 Å². The number of piperidine rings is 3. The average Bonchev–Trinajstić information content (AvgIpc) is 2.36. The largest absolute Gasteiger partial charge is 0.298 e. The van der Waals surface area contributed by atoms with E-state index in [4.69, 9.17) is 0 Å². The number of fused-ring (bicyclic) bond motifs is 3. The van der Waals surface area contributed by atoms with Gasteiger partial charge < -0.3 is 0 Å².